The van der Waals surface area contributed by atoms with Gasteiger partial charge in [0, 0.05) is 29.8 Å². The van der Waals surface area contributed by atoms with Gasteiger partial charge >= 0.3 is 0 Å². The minimum Gasteiger partial charge on any atom is -0.468 e. The van der Waals surface area contributed by atoms with Gasteiger partial charge in [-0.2, -0.15) is 4.31 Å². The lowest BCUT2D eigenvalue weighted by Crippen LogP contribution is -2.51. The summed E-state index contributed by atoms with van der Waals surface area (Å²) in [6, 6.07) is 10.4. The number of hydroxylamine groups is 1. The summed E-state index contributed by atoms with van der Waals surface area (Å²) in [5.74, 6) is 0.248. The van der Waals surface area contributed by atoms with E-state index in [-0.39, 0.29) is 30.3 Å². The molecule has 2 N–H and O–H groups in total. The van der Waals surface area contributed by atoms with E-state index in [1.54, 1.807) is 48.2 Å². The van der Waals surface area contributed by atoms with Gasteiger partial charge in [0.25, 0.3) is 5.91 Å². The number of furan rings is 2. The third kappa shape index (κ3) is 3.67. The monoisotopic (exact) mass is 475 g/mol. The van der Waals surface area contributed by atoms with Crippen molar-refractivity contribution in [2.75, 3.05) is 0 Å². The molecule has 4 aromatic rings. The molecule has 9 nitrogen and oxygen atoms in total. The van der Waals surface area contributed by atoms with E-state index in [4.69, 9.17) is 14.0 Å². The van der Waals surface area contributed by atoms with Gasteiger partial charge in [-0.15, -0.1) is 12.4 Å². The number of amides is 1. The van der Waals surface area contributed by atoms with Gasteiger partial charge in [0.2, 0.25) is 10.0 Å². The number of aromatic nitrogens is 1. The Bertz CT molecular complexity index is 1380. The molecule has 11 heteroatoms. The second-order valence-electron chi connectivity index (χ2n) is 7.16. The van der Waals surface area contributed by atoms with Gasteiger partial charge in [0.1, 0.15) is 23.1 Å². The predicted molar refractivity (Wildman–Crippen MR) is 116 cm³/mol. The van der Waals surface area contributed by atoms with Crippen LogP contribution >= 0.6 is 12.4 Å². The minimum atomic E-state index is -4.08. The zero-order valence-electron chi connectivity index (χ0n) is 16.5. The van der Waals surface area contributed by atoms with Crippen molar-refractivity contribution in [2.45, 2.75) is 23.9 Å². The maximum Gasteiger partial charge on any atom is 0.262 e. The van der Waals surface area contributed by atoms with Crippen LogP contribution in [0.25, 0.3) is 22.3 Å². The zero-order chi connectivity index (χ0) is 21.6. The third-order valence-corrected chi connectivity index (χ3v) is 7.22. The Kier molecular flexibility index (Phi) is 5.78. The number of sulfonamides is 1. The number of hydrogen-bond donors (Lipinski definition) is 2. The van der Waals surface area contributed by atoms with E-state index in [2.05, 4.69) is 4.98 Å². The van der Waals surface area contributed by atoms with Crippen LogP contribution in [-0.4, -0.2) is 34.9 Å². The summed E-state index contributed by atoms with van der Waals surface area (Å²) < 4.78 is 39.2. The van der Waals surface area contributed by atoms with E-state index in [0.717, 1.165) is 15.4 Å². The number of benzene rings is 1. The summed E-state index contributed by atoms with van der Waals surface area (Å²) >= 11 is 0. The van der Waals surface area contributed by atoms with Crippen LogP contribution in [0.3, 0.4) is 0 Å². The van der Waals surface area contributed by atoms with Crippen LogP contribution in [0.1, 0.15) is 11.3 Å². The fourth-order valence-corrected chi connectivity index (χ4v) is 5.35. The van der Waals surface area contributed by atoms with Crippen molar-refractivity contribution in [3.05, 3.63) is 72.4 Å². The zero-order valence-corrected chi connectivity index (χ0v) is 18.1. The normalized spacial score (nSPS) is 16.3. The number of hydrogen-bond acceptors (Lipinski definition) is 7. The summed E-state index contributed by atoms with van der Waals surface area (Å²) in [6.07, 6.45) is 4.83. The second-order valence-corrected chi connectivity index (χ2v) is 9.05. The molecule has 1 aliphatic heterocycles. The average Bonchev–Trinajstić information content (AvgIpc) is 3.44. The molecule has 0 fully saturated rings. The molecule has 0 bridgehead atoms. The number of carbonyl (C=O) groups excluding carboxylic acids is 1. The largest absolute Gasteiger partial charge is 0.468 e. The summed E-state index contributed by atoms with van der Waals surface area (Å²) in [5.41, 5.74) is 3.64. The van der Waals surface area contributed by atoms with E-state index >= 15 is 0 Å². The maximum atomic E-state index is 13.5. The van der Waals surface area contributed by atoms with E-state index in [1.165, 1.54) is 18.4 Å². The van der Waals surface area contributed by atoms with E-state index in [0.29, 0.717) is 22.5 Å². The summed E-state index contributed by atoms with van der Waals surface area (Å²) in [6.45, 7) is -0.117. The quantitative estimate of drug-likeness (QED) is 0.343. The van der Waals surface area contributed by atoms with Crippen molar-refractivity contribution in [1.29, 1.82) is 0 Å². The molecule has 1 amide bonds. The fraction of sp³-hybridized carbons (Fsp3) is 0.143. The number of carbonyl (C=O) groups is 1. The molecule has 0 radical (unpaired) electrons. The standard InChI is InChI=1S/C21H17N3O6S.ClH/c25-21(23-26)17-10-14-5-8-29-20(14)12-24(17)31(27,28)16-1-2-18-15(9-16)11-19(30-18)13-3-6-22-7-4-13;/h1-9,11,17,26H,10,12H2,(H,23,25);1H/t17-;/m1./s1. The van der Waals surface area contributed by atoms with Gasteiger partial charge in [0.15, 0.2) is 0 Å². The number of rotatable bonds is 4. The lowest BCUT2D eigenvalue weighted by atomic mass is 10.0. The Morgan fingerprint density at radius 3 is 2.69 bits per heavy atom. The Morgan fingerprint density at radius 2 is 1.94 bits per heavy atom. The van der Waals surface area contributed by atoms with Gasteiger partial charge in [-0.05, 0) is 48.0 Å². The lowest BCUT2D eigenvalue weighted by Gasteiger charge is -2.32. The molecule has 3 aromatic heterocycles. The van der Waals surface area contributed by atoms with Crippen LogP contribution in [0.15, 0.2) is 74.9 Å². The molecule has 1 aliphatic rings. The highest BCUT2D eigenvalue weighted by atomic mass is 35.5. The topological polar surface area (TPSA) is 126 Å². The number of fused-ring (bicyclic) bond motifs is 2. The maximum absolute atomic E-state index is 13.5. The molecule has 166 valence electrons. The van der Waals surface area contributed by atoms with Crippen molar-refractivity contribution >= 4 is 39.3 Å². The van der Waals surface area contributed by atoms with Crippen LogP contribution in [0.2, 0.25) is 0 Å². The molecule has 1 aromatic carbocycles. The first kappa shape index (κ1) is 22.0. The Hall–Kier alpha value is -3.18. The fourth-order valence-electron chi connectivity index (χ4n) is 3.78. The van der Waals surface area contributed by atoms with Crippen LogP contribution in [0, 0.1) is 0 Å². The van der Waals surface area contributed by atoms with Crippen LogP contribution in [0.5, 0.6) is 0 Å². The van der Waals surface area contributed by atoms with Crippen LogP contribution in [-0.2, 0) is 27.8 Å². The molecule has 0 unspecified atom stereocenters. The van der Waals surface area contributed by atoms with Gasteiger partial charge in [-0.25, -0.2) is 13.9 Å². The Balaban J connectivity index is 0.00000245. The van der Waals surface area contributed by atoms with Gasteiger partial charge in [-0.1, -0.05) is 0 Å². The molecule has 0 saturated carbocycles. The summed E-state index contributed by atoms with van der Waals surface area (Å²) in [7, 11) is -4.08. The Labute approximate surface area is 189 Å². The van der Waals surface area contributed by atoms with Crippen molar-refractivity contribution in [2.24, 2.45) is 0 Å². The first-order valence-electron chi connectivity index (χ1n) is 9.42. The van der Waals surface area contributed by atoms with Crippen molar-refractivity contribution in [1.82, 2.24) is 14.8 Å². The lowest BCUT2D eigenvalue weighted by molar-refractivity contribution is -0.133. The van der Waals surface area contributed by atoms with Gasteiger partial charge in [0.05, 0.1) is 17.7 Å². The molecular formula is C21H18ClN3O6S. The van der Waals surface area contributed by atoms with Crippen LogP contribution < -0.4 is 5.48 Å². The van der Waals surface area contributed by atoms with Crippen molar-refractivity contribution in [3.63, 3.8) is 0 Å². The molecule has 0 aliphatic carbocycles. The first-order valence-corrected chi connectivity index (χ1v) is 10.9. The molecule has 4 heterocycles. The highest BCUT2D eigenvalue weighted by Gasteiger charge is 2.41. The predicted octanol–water partition coefficient (Wildman–Crippen LogP) is 3.13. The number of nitrogens with zero attached hydrogens (tertiary/aromatic N) is 2. The molecule has 0 saturated heterocycles. The van der Waals surface area contributed by atoms with Crippen LogP contribution in [0.4, 0.5) is 0 Å². The SMILES string of the molecule is Cl.O=C(NO)[C@H]1Cc2ccoc2CN1S(=O)(=O)c1ccc2oc(-c3ccncc3)cc2c1. The van der Waals surface area contributed by atoms with Crippen molar-refractivity contribution < 1.29 is 27.3 Å². The number of nitrogens with one attached hydrogen (secondary N) is 1. The summed E-state index contributed by atoms with van der Waals surface area (Å²) in [4.78, 5) is 16.2. The first-order chi connectivity index (χ1) is 15.0. The number of halogens is 1. The molecule has 0 spiro atoms. The second kappa shape index (κ2) is 8.40. The molecule has 32 heavy (non-hydrogen) atoms. The Morgan fingerprint density at radius 1 is 1.16 bits per heavy atom. The highest BCUT2D eigenvalue weighted by molar-refractivity contribution is 7.89. The van der Waals surface area contributed by atoms with E-state index in [1.807, 2.05) is 0 Å². The molecular weight excluding hydrogens is 458 g/mol. The smallest absolute Gasteiger partial charge is 0.262 e. The average molecular weight is 476 g/mol. The number of pyridine rings is 1. The van der Waals surface area contributed by atoms with Crippen molar-refractivity contribution in [3.8, 4) is 11.3 Å². The van der Waals surface area contributed by atoms with Gasteiger partial charge in [-0.3, -0.25) is 15.0 Å². The van der Waals surface area contributed by atoms with Gasteiger partial charge < -0.3 is 8.83 Å². The van der Waals surface area contributed by atoms with E-state index < -0.39 is 22.0 Å². The highest BCUT2D eigenvalue weighted by Crippen LogP contribution is 2.33. The minimum absolute atomic E-state index is 0. The summed E-state index contributed by atoms with van der Waals surface area (Å²) in [5, 5.41) is 9.73. The van der Waals surface area contributed by atoms with E-state index in [9.17, 15) is 13.2 Å². The molecule has 5 rings (SSSR count). The third-order valence-electron chi connectivity index (χ3n) is 5.37. The molecule has 1 atom stereocenters.